The van der Waals surface area contributed by atoms with E-state index in [0.29, 0.717) is 18.5 Å². The Morgan fingerprint density at radius 2 is 2.41 bits per heavy atom. The first-order chi connectivity index (χ1) is 8.22. The van der Waals surface area contributed by atoms with E-state index >= 15 is 0 Å². The SMILES string of the molecule is COCCC(C)Nc1nccn(C2CC2)c1=O. The first kappa shape index (κ1) is 12.1. The van der Waals surface area contributed by atoms with Gasteiger partial charge < -0.3 is 14.6 Å². The molecule has 1 aromatic rings. The van der Waals surface area contributed by atoms with Gasteiger partial charge in [-0.25, -0.2) is 4.98 Å². The van der Waals surface area contributed by atoms with Gasteiger partial charge in [-0.1, -0.05) is 0 Å². The van der Waals surface area contributed by atoms with Crippen LogP contribution in [0.1, 0.15) is 32.2 Å². The van der Waals surface area contributed by atoms with E-state index < -0.39 is 0 Å². The molecule has 0 bridgehead atoms. The molecule has 1 atom stereocenters. The summed E-state index contributed by atoms with van der Waals surface area (Å²) in [5.41, 5.74) is -0.0146. The lowest BCUT2D eigenvalue weighted by Crippen LogP contribution is -2.28. The predicted molar refractivity (Wildman–Crippen MR) is 66.3 cm³/mol. The van der Waals surface area contributed by atoms with Gasteiger partial charge in [0.05, 0.1) is 0 Å². The van der Waals surface area contributed by atoms with E-state index in [1.165, 1.54) is 0 Å². The molecule has 0 spiro atoms. The van der Waals surface area contributed by atoms with Gasteiger partial charge in [0.15, 0.2) is 5.82 Å². The Hall–Kier alpha value is -1.36. The Bertz CT molecular complexity index is 426. The van der Waals surface area contributed by atoms with Crippen LogP contribution in [0.4, 0.5) is 5.82 Å². The maximum absolute atomic E-state index is 12.1. The van der Waals surface area contributed by atoms with Crippen LogP contribution in [0.5, 0.6) is 0 Å². The van der Waals surface area contributed by atoms with Gasteiger partial charge in [0.2, 0.25) is 0 Å². The molecule has 1 N–H and O–H groups in total. The molecule has 1 aromatic heterocycles. The second kappa shape index (κ2) is 5.31. The monoisotopic (exact) mass is 237 g/mol. The van der Waals surface area contributed by atoms with Crippen molar-refractivity contribution < 1.29 is 4.74 Å². The molecule has 94 valence electrons. The number of methoxy groups -OCH3 is 1. The number of nitrogens with one attached hydrogen (secondary N) is 1. The van der Waals surface area contributed by atoms with Crippen LogP contribution in [0.15, 0.2) is 17.2 Å². The Morgan fingerprint density at radius 1 is 1.65 bits per heavy atom. The molecule has 0 aliphatic heterocycles. The third-order valence-electron chi connectivity index (χ3n) is 2.95. The van der Waals surface area contributed by atoms with Gasteiger partial charge in [-0.2, -0.15) is 0 Å². The minimum absolute atomic E-state index is 0.0146. The molecule has 1 unspecified atom stereocenters. The zero-order valence-electron chi connectivity index (χ0n) is 10.3. The molecule has 0 radical (unpaired) electrons. The van der Waals surface area contributed by atoms with E-state index in [-0.39, 0.29) is 11.6 Å². The van der Waals surface area contributed by atoms with E-state index in [1.54, 1.807) is 24.1 Å². The summed E-state index contributed by atoms with van der Waals surface area (Å²) in [4.78, 5) is 16.2. The lowest BCUT2D eigenvalue weighted by atomic mass is 10.2. The summed E-state index contributed by atoms with van der Waals surface area (Å²) in [5, 5.41) is 3.14. The molecule has 2 rings (SSSR count). The Labute approximate surface area is 101 Å². The van der Waals surface area contributed by atoms with Crippen LogP contribution in [-0.2, 0) is 4.74 Å². The highest BCUT2D eigenvalue weighted by Crippen LogP contribution is 2.33. The normalized spacial score (nSPS) is 16.8. The number of aromatic nitrogens is 2. The van der Waals surface area contributed by atoms with E-state index in [4.69, 9.17) is 4.74 Å². The molecular formula is C12H19N3O2. The molecule has 0 aromatic carbocycles. The third kappa shape index (κ3) is 3.06. The second-order valence-corrected chi connectivity index (χ2v) is 4.55. The molecule has 1 aliphatic carbocycles. The molecular weight excluding hydrogens is 218 g/mol. The zero-order valence-corrected chi connectivity index (χ0v) is 10.3. The molecule has 5 heteroatoms. The highest BCUT2D eigenvalue weighted by atomic mass is 16.5. The summed E-state index contributed by atoms with van der Waals surface area (Å²) >= 11 is 0. The van der Waals surface area contributed by atoms with Crippen LogP contribution >= 0.6 is 0 Å². The highest BCUT2D eigenvalue weighted by Gasteiger charge is 2.25. The largest absolute Gasteiger partial charge is 0.385 e. The number of hydrogen-bond donors (Lipinski definition) is 1. The van der Waals surface area contributed by atoms with Crippen LogP contribution in [0.3, 0.4) is 0 Å². The van der Waals surface area contributed by atoms with Crippen molar-refractivity contribution in [1.29, 1.82) is 0 Å². The Kier molecular flexibility index (Phi) is 3.78. The number of ether oxygens (including phenoxy) is 1. The van der Waals surface area contributed by atoms with Gasteiger partial charge in [-0.05, 0) is 26.2 Å². The fourth-order valence-corrected chi connectivity index (χ4v) is 1.76. The fraction of sp³-hybridized carbons (Fsp3) is 0.667. The molecule has 0 amide bonds. The minimum Gasteiger partial charge on any atom is -0.385 e. The summed E-state index contributed by atoms with van der Waals surface area (Å²) in [7, 11) is 1.67. The number of hydrogen-bond acceptors (Lipinski definition) is 4. The summed E-state index contributed by atoms with van der Waals surface area (Å²) < 4.78 is 6.78. The molecule has 1 saturated carbocycles. The first-order valence-corrected chi connectivity index (χ1v) is 6.05. The van der Waals surface area contributed by atoms with Gasteiger partial charge >= 0.3 is 0 Å². The second-order valence-electron chi connectivity index (χ2n) is 4.55. The first-order valence-electron chi connectivity index (χ1n) is 6.05. The molecule has 1 fully saturated rings. The number of rotatable bonds is 6. The quantitative estimate of drug-likeness (QED) is 0.813. The maximum atomic E-state index is 12.1. The van der Waals surface area contributed by atoms with Crippen LogP contribution in [0.25, 0.3) is 0 Å². The van der Waals surface area contributed by atoms with Crippen molar-refractivity contribution in [1.82, 2.24) is 9.55 Å². The van der Waals surface area contributed by atoms with E-state index in [1.807, 2.05) is 6.92 Å². The number of nitrogens with zero attached hydrogens (tertiary/aromatic N) is 2. The molecule has 1 aliphatic rings. The van der Waals surface area contributed by atoms with Crippen LogP contribution < -0.4 is 10.9 Å². The van der Waals surface area contributed by atoms with Crippen molar-refractivity contribution in [3.05, 3.63) is 22.7 Å². The summed E-state index contributed by atoms with van der Waals surface area (Å²) in [5.74, 6) is 0.447. The molecule has 0 saturated heterocycles. The van der Waals surface area contributed by atoms with Crippen molar-refractivity contribution in [2.24, 2.45) is 0 Å². The zero-order chi connectivity index (χ0) is 12.3. The van der Waals surface area contributed by atoms with E-state index in [2.05, 4.69) is 10.3 Å². The predicted octanol–water partition coefficient (Wildman–Crippen LogP) is 1.42. The summed E-state index contributed by atoms with van der Waals surface area (Å²) in [6.07, 6.45) is 6.51. The average molecular weight is 237 g/mol. The lowest BCUT2D eigenvalue weighted by molar-refractivity contribution is 0.191. The smallest absolute Gasteiger partial charge is 0.293 e. The van der Waals surface area contributed by atoms with Crippen molar-refractivity contribution in [3.8, 4) is 0 Å². The third-order valence-corrected chi connectivity index (χ3v) is 2.95. The van der Waals surface area contributed by atoms with E-state index in [9.17, 15) is 4.79 Å². The highest BCUT2D eigenvalue weighted by molar-refractivity contribution is 5.32. The van der Waals surface area contributed by atoms with Crippen LogP contribution in [0, 0.1) is 0 Å². The molecule has 5 nitrogen and oxygen atoms in total. The van der Waals surface area contributed by atoms with Gasteiger partial charge in [0, 0.05) is 38.2 Å². The lowest BCUT2D eigenvalue weighted by Gasteiger charge is -2.14. The van der Waals surface area contributed by atoms with Gasteiger partial charge in [-0.15, -0.1) is 0 Å². The van der Waals surface area contributed by atoms with Gasteiger partial charge in [0.1, 0.15) is 0 Å². The van der Waals surface area contributed by atoms with E-state index in [0.717, 1.165) is 19.3 Å². The summed E-state index contributed by atoms with van der Waals surface area (Å²) in [6.45, 7) is 2.70. The van der Waals surface area contributed by atoms with Crippen molar-refractivity contribution in [2.75, 3.05) is 19.0 Å². The topological polar surface area (TPSA) is 56.1 Å². The Morgan fingerprint density at radius 3 is 3.06 bits per heavy atom. The molecule has 1 heterocycles. The maximum Gasteiger partial charge on any atom is 0.293 e. The van der Waals surface area contributed by atoms with Gasteiger partial charge in [0.25, 0.3) is 5.56 Å². The average Bonchev–Trinajstić information content (AvgIpc) is 3.13. The standard InChI is InChI=1S/C12H19N3O2/c1-9(5-8-17-2)14-11-12(16)15(7-6-13-11)10-3-4-10/h6-7,9-10H,3-5,8H2,1-2H3,(H,13,14). The Balaban J connectivity index is 2.05. The van der Waals surface area contributed by atoms with Crippen LogP contribution in [0.2, 0.25) is 0 Å². The summed E-state index contributed by atoms with van der Waals surface area (Å²) in [6, 6.07) is 0.575. The minimum atomic E-state index is -0.0146. The van der Waals surface area contributed by atoms with Crippen molar-refractivity contribution >= 4 is 5.82 Å². The number of anilines is 1. The molecule has 17 heavy (non-hydrogen) atoms. The van der Waals surface area contributed by atoms with Crippen molar-refractivity contribution in [3.63, 3.8) is 0 Å². The van der Waals surface area contributed by atoms with Crippen LogP contribution in [-0.4, -0.2) is 29.3 Å². The van der Waals surface area contributed by atoms with Crippen molar-refractivity contribution in [2.45, 2.75) is 38.3 Å². The van der Waals surface area contributed by atoms with Gasteiger partial charge in [-0.3, -0.25) is 4.79 Å². The fourth-order valence-electron chi connectivity index (χ4n) is 1.76.